The Morgan fingerprint density at radius 2 is 0.613 bits per heavy atom. The van der Waals surface area contributed by atoms with Crippen LogP contribution in [0.5, 0.6) is 0 Å². The Kier molecular flexibility index (Phi) is 10.2. The van der Waals surface area contributed by atoms with Gasteiger partial charge in [-0.05, 0) is 45.5 Å². The molecule has 0 fully saturated rings. The predicted molar refractivity (Wildman–Crippen MR) is 248 cm³/mol. The molecule has 0 aliphatic heterocycles. The molecule has 0 bridgehead atoms. The van der Waals surface area contributed by atoms with E-state index in [1.54, 1.807) is 0 Å². The number of aromatic nitrogens is 6. The number of hydrogen-bond acceptors (Lipinski definition) is 6. The van der Waals surface area contributed by atoms with E-state index in [0.29, 0.717) is 40.6 Å². The molecule has 7 nitrogen and oxygen atoms in total. The summed E-state index contributed by atoms with van der Waals surface area (Å²) < 4.78 is 0. The van der Waals surface area contributed by atoms with Gasteiger partial charge in [-0.1, -0.05) is 200 Å². The van der Waals surface area contributed by atoms with Gasteiger partial charge < -0.3 is 0 Å². The number of rotatable bonds is 9. The monoisotopic (exact) mass is 793 g/mol. The van der Waals surface area contributed by atoms with Gasteiger partial charge in [0.25, 0.3) is 0 Å². The second-order valence-corrected chi connectivity index (χ2v) is 14.6. The van der Waals surface area contributed by atoms with Crippen molar-refractivity contribution in [3.8, 4) is 102 Å². The average molecular weight is 794 g/mol. The maximum absolute atomic E-state index is 7.83. The van der Waals surface area contributed by atoms with Gasteiger partial charge in [0.15, 0.2) is 40.6 Å². The molecule has 10 aromatic rings. The first-order valence-electron chi connectivity index (χ1n) is 20.2. The summed E-state index contributed by atoms with van der Waals surface area (Å²) in [6.07, 6.45) is 0. The van der Waals surface area contributed by atoms with Crippen molar-refractivity contribution in [2.75, 3.05) is 0 Å². The number of benzene rings is 8. The fraction of sp³-hybridized carbons (Fsp3) is 0. The van der Waals surface area contributed by atoms with Crippen molar-refractivity contribution in [3.05, 3.63) is 224 Å². The maximum Gasteiger partial charge on any atom is 0.187 e. The first kappa shape index (κ1) is 37.5. The van der Waals surface area contributed by atoms with Crippen LogP contribution in [0.2, 0.25) is 0 Å². The molecular formula is C55H35N7. The lowest BCUT2D eigenvalue weighted by molar-refractivity contribution is 1.07. The summed E-state index contributed by atoms with van der Waals surface area (Å²) in [5.74, 6) is 3.34. The molecule has 8 aromatic carbocycles. The molecule has 0 aliphatic carbocycles. The van der Waals surface area contributed by atoms with E-state index in [4.69, 9.17) is 36.5 Å². The normalized spacial score (nSPS) is 10.9. The molecule has 62 heavy (non-hydrogen) atoms. The van der Waals surface area contributed by atoms with E-state index >= 15 is 0 Å². The van der Waals surface area contributed by atoms with E-state index in [-0.39, 0.29) is 0 Å². The molecule has 0 N–H and O–H groups in total. The van der Waals surface area contributed by atoms with Crippen LogP contribution < -0.4 is 0 Å². The highest BCUT2D eigenvalue weighted by Gasteiger charge is 2.21. The lowest BCUT2D eigenvalue weighted by Gasteiger charge is -2.17. The smallest absolute Gasteiger partial charge is 0.187 e. The van der Waals surface area contributed by atoms with E-state index in [1.165, 1.54) is 0 Å². The summed E-state index contributed by atoms with van der Waals surface area (Å²) in [6, 6.07) is 70.6. The van der Waals surface area contributed by atoms with Crippen molar-refractivity contribution < 1.29 is 0 Å². The summed E-state index contributed by atoms with van der Waals surface area (Å²) in [4.78, 5) is 34.4. The highest BCUT2D eigenvalue weighted by Crippen LogP contribution is 2.41. The Hall–Kier alpha value is -8.73. The molecule has 10 rings (SSSR count). The molecule has 0 saturated heterocycles. The fourth-order valence-electron chi connectivity index (χ4n) is 7.63. The molecule has 0 spiro atoms. The van der Waals surface area contributed by atoms with Crippen LogP contribution in [0.1, 0.15) is 0 Å². The van der Waals surface area contributed by atoms with Gasteiger partial charge in [0, 0.05) is 33.4 Å². The Labute approximate surface area is 359 Å². The second-order valence-electron chi connectivity index (χ2n) is 14.6. The van der Waals surface area contributed by atoms with Crippen LogP contribution in [-0.2, 0) is 0 Å². The van der Waals surface area contributed by atoms with E-state index < -0.39 is 0 Å². The van der Waals surface area contributed by atoms with Crippen molar-refractivity contribution >= 4 is 5.69 Å². The predicted octanol–water partition coefficient (Wildman–Crippen LogP) is 13.6. The van der Waals surface area contributed by atoms with Crippen molar-refractivity contribution in [3.63, 3.8) is 0 Å². The zero-order valence-electron chi connectivity index (χ0n) is 33.3. The largest absolute Gasteiger partial charge is 0.238 e. The highest BCUT2D eigenvalue weighted by molar-refractivity contribution is 5.93. The first-order valence-corrected chi connectivity index (χ1v) is 20.2. The third-order valence-corrected chi connectivity index (χ3v) is 10.6. The molecule has 0 atom stereocenters. The lowest BCUT2D eigenvalue weighted by atomic mass is 9.89. The Morgan fingerprint density at radius 3 is 1.13 bits per heavy atom. The second kappa shape index (κ2) is 16.9. The fourth-order valence-corrected chi connectivity index (χ4v) is 7.63. The van der Waals surface area contributed by atoms with E-state index in [1.807, 2.05) is 164 Å². The van der Waals surface area contributed by atoms with Crippen LogP contribution in [-0.4, -0.2) is 29.9 Å². The standard InChI is InChI=1S/C55H35N7/c1-56-43-28-18-27-41(35-43)45-34-33-42(53-58-50(38-21-8-3-9-22-38)57-51(59-53)39-23-10-4-11-24-39)36-49(45)46-30-15-17-32-48(46)55-61-52(40-25-12-5-13-26-40)60-54(62-55)47-31-16-14-29-44(47)37-19-6-2-7-20-37/h2-36H. The molecule has 0 saturated carbocycles. The van der Waals surface area contributed by atoms with Crippen LogP contribution in [0.3, 0.4) is 0 Å². The van der Waals surface area contributed by atoms with Crippen molar-refractivity contribution in [1.29, 1.82) is 0 Å². The molecule has 7 heteroatoms. The zero-order valence-corrected chi connectivity index (χ0v) is 33.3. The van der Waals surface area contributed by atoms with Gasteiger partial charge >= 0.3 is 0 Å². The molecule has 2 aromatic heterocycles. The third kappa shape index (κ3) is 7.63. The molecule has 0 aliphatic rings. The first-order chi connectivity index (χ1) is 30.7. The van der Waals surface area contributed by atoms with Crippen LogP contribution in [0.25, 0.3) is 107 Å². The van der Waals surface area contributed by atoms with Gasteiger partial charge in [-0.25, -0.2) is 34.7 Å². The van der Waals surface area contributed by atoms with Gasteiger partial charge in [0.1, 0.15) is 0 Å². The van der Waals surface area contributed by atoms with Crippen molar-refractivity contribution in [1.82, 2.24) is 29.9 Å². The third-order valence-electron chi connectivity index (χ3n) is 10.6. The zero-order chi connectivity index (χ0) is 41.7. The molecule has 290 valence electrons. The van der Waals surface area contributed by atoms with E-state index in [0.717, 1.165) is 66.8 Å². The Balaban J connectivity index is 1.20. The van der Waals surface area contributed by atoms with Crippen LogP contribution in [0, 0.1) is 6.57 Å². The minimum absolute atomic E-state index is 0.525. The Morgan fingerprint density at radius 1 is 0.242 bits per heavy atom. The van der Waals surface area contributed by atoms with Crippen LogP contribution in [0.15, 0.2) is 212 Å². The molecule has 2 heterocycles. The number of hydrogen-bond donors (Lipinski definition) is 0. The van der Waals surface area contributed by atoms with Gasteiger partial charge in [-0.2, -0.15) is 0 Å². The van der Waals surface area contributed by atoms with Crippen molar-refractivity contribution in [2.45, 2.75) is 0 Å². The summed E-state index contributed by atoms with van der Waals surface area (Å²) in [5.41, 5.74) is 11.4. The molecule has 0 amide bonds. The molecule has 0 unspecified atom stereocenters. The van der Waals surface area contributed by atoms with Gasteiger partial charge in [-0.15, -0.1) is 0 Å². The summed E-state index contributed by atoms with van der Waals surface area (Å²) in [6.45, 7) is 7.83. The topological polar surface area (TPSA) is 81.7 Å². The summed E-state index contributed by atoms with van der Waals surface area (Å²) >= 11 is 0. The van der Waals surface area contributed by atoms with Crippen molar-refractivity contribution in [2.24, 2.45) is 0 Å². The lowest BCUT2D eigenvalue weighted by Crippen LogP contribution is -2.02. The van der Waals surface area contributed by atoms with Crippen LogP contribution in [0.4, 0.5) is 5.69 Å². The number of nitrogens with zero attached hydrogens (tertiary/aromatic N) is 7. The Bertz CT molecular complexity index is 3180. The highest BCUT2D eigenvalue weighted by atomic mass is 15.0. The average Bonchev–Trinajstić information content (AvgIpc) is 3.37. The summed E-state index contributed by atoms with van der Waals surface area (Å²) in [7, 11) is 0. The van der Waals surface area contributed by atoms with E-state index in [9.17, 15) is 0 Å². The SMILES string of the molecule is [C-]#[N+]c1cccc(-c2ccc(-c3nc(-c4ccccc4)nc(-c4ccccc4)n3)cc2-c2ccccc2-c2nc(-c3ccccc3)nc(-c3ccccc3-c3ccccc3)n2)c1. The quantitative estimate of drug-likeness (QED) is 0.135. The molecular weight excluding hydrogens is 759 g/mol. The summed E-state index contributed by atoms with van der Waals surface area (Å²) in [5, 5.41) is 0. The minimum atomic E-state index is 0.525. The van der Waals surface area contributed by atoms with Gasteiger partial charge in [0.2, 0.25) is 0 Å². The van der Waals surface area contributed by atoms with Gasteiger partial charge in [0.05, 0.1) is 6.57 Å². The van der Waals surface area contributed by atoms with Crippen LogP contribution >= 0.6 is 0 Å². The van der Waals surface area contributed by atoms with Gasteiger partial charge in [-0.3, -0.25) is 0 Å². The maximum atomic E-state index is 7.83. The van der Waals surface area contributed by atoms with E-state index in [2.05, 4.69) is 53.4 Å². The minimum Gasteiger partial charge on any atom is -0.238 e. The molecule has 0 radical (unpaired) electrons.